The molecule has 0 aliphatic carbocycles. The number of nitrogens with one attached hydrogen (secondary N) is 1. The van der Waals surface area contributed by atoms with Crippen LogP contribution in [0.5, 0.6) is 0 Å². The fourth-order valence-corrected chi connectivity index (χ4v) is 3.24. The van der Waals surface area contributed by atoms with E-state index in [4.69, 9.17) is 5.73 Å². The summed E-state index contributed by atoms with van der Waals surface area (Å²) in [5.41, 5.74) is 5.10. The van der Waals surface area contributed by atoms with Gasteiger partial charge in [-0.1, -0.05) is 22.0 Å². The van der Waals surface area contributed by atoms with E-state index in [1.165, 1.54) is 30.3 Å². The largest absolute Gasteiger partial charge is 0.395 e. The molecule has 0 saturated heterocycles. The molecule has 0 aliphatic rings. The molecule has 4 nitrogen and oxygen atoms in total. The van der Waals surface area contributed by atoms with Crippen LogP contribution < -0.4 is 10.5 Å². The Bertz CT molecular complexity index is 782. The zero-order chi connectivity index (χ0) is 15.6. The summed E-state index contributed by atoms with van der Waals surface area (Å²) >= 11 is 3.17. The molecule has 8 heteroatoms. The van der Waals surface area contributed by atoms with Gasteiger partial charge < -0.3 is 5.73 Å². The highest BCUT2D eigenvalue weighted by molar-refractivity contribution is 9.10. The normalized spacial score (nSPS) is 11.6. The second kappa shape index (κ2) is 6.08. The smallest absolute Gasteiger partial charge is 0.243 e. The molecule has 0 amide bonds. The Balaban J connectivity index is 2.26. The van der Waals surface area contributed by atoms with E-state index in [0.29, 0.717) is 4.47 Å². The lowest BCUT2D eigenvalue weighted by atomic mass is 10.2. The Labute approximate surface area is 129 Å². The molecule has 2 aromatic carbocycles. The van der Waals surface area contributed by atoms with E-state index in [1.807, 2.05) is 0 Å². The van der Waals surface area contributed by atoms with E-state index in [1.54, 1.807) is 0 Å². The Morgan fingerprint density at radius 3 is 2.57 bits per heavy atom. The summed E-state index contributed by atoms with van der Waals surface area (Å²) in [7, 11) is -4.04. The molecule has 0 aromatic heterocycles. The van der Waals surface area contributed by atoms with Crippen molar-refractivity contribution in [2.45, 2.75) is 11.4 Å². The number of nitrogens with two attached hydrogens (primary N) is 1. The van der Waals surface area contributed by atoms with Crippen LogP contribution in [-0.4, -0.2) is 8.42 Å². The van der Waals surface area contributed by atoms with Crippen LogP contribution in [0.4, 0.5) is 14.5 Å². The average molecular weight is 377 g/mol. The summed E-state index contributed by atoms with van der Waals surface area (Å²) in [6, 6.07) is 7.63. The van der Waals surface area contributed by atoms with Crippen LogP contribution in [0, 0.1) is 11.6 Å². The first-order chi connectivity index (χ1) is 9.81. The van der Waals surface area contributed by atoms with Crippen LogP contribution in [0.25, 0.3) is 0 Å². The highest BCUT2D eigenvalue weighted by Crippen LogP contribution is 2.22. The quantitative estimate of drug-likeness (QED) is 0.805. The first-order valence-electron chi connectivity index (χ1n) is 5.79. The summed E-state index contributed by atoms with van der Waals surface area (Å²) < 4.78 is 53.8. The molecule has 0 saturated carbocycles. The third-order valence-electron chi connectivity index (χ3n) is 2.76. The molecular formula is C13H11BrF2N2O2S. The number of halogens is 3. The number of anilines is 1. The van der Waals surface area contributed by atoms with Crippen molar-refractivity contribution in [1.29, 1.82) is 0 Å². The zero-order valence-electron chi connectivity index (χ0n) is 10.6. The van der Waals surface area contributed by atoms with E-state index < -0.39 is 27.3 Å². The number of sulfonamides is 1. The maximum atomic E-state index is 13.6. The molecule has 21 heavy (non-hydrogen) atoms. The molecule has 0 unspecified atom stereocenters. The number of benzene rings is 2. The second-order valence-electron chi connectivity index (χ2n) is 4.21. The van der Waals surface area contributed by atoms with Crippen LogP contribution in [0.15, 0.2) is 45.8 Å². The first-order valence-corrected chi connectivity index (χ1v) is 8.06. The van der Waals surface area contributed by atoms with Gasteiger partial charge in [-0.15, -0.1) is 0 Å². The molecule has 2 aromatic rings. The summed E-state index contributed by atoms with van der Waals surface area (Å²) in [6.07, 6.45) is 0. The van der Waals surface area contributed by atoms with Gasteiger partial charge in [-0.25, -0.2) is 21.9 Å². The minimum Gasteiger partial charge on any atom is -0.395 e. The molecule has 0 spiro atoms. The standard InChI is InChI=1S/C13H11BrF2N2O2S/c14-9-4-5-10(15)8(6-9)7-18-21(19,20)12-3-1-2-11(16)13(12)17/h1-6,18H,7,17H2. The van der Waals surface area contributed by atoms with E-state index in [2.05, 4.69) is 20.7 Å². The van der Waals surface area contributed by atoms with E-state index >= 15 is 0 Å². The number of nitrogen functional groups attached to an aromatic ring is 1. The summed E-state index contributed by atoms with van der Waals surface area (Å²) in [5, 5.41) is 0. The summed E-state index contributed by atoms with van der Waals surface area (Å²) in [5.74, 6) is -1.38. The molecule has 0 bridgehead atoms. The number of rotatable bonds is 4. The van der Waals surface area contributed by atoms with Gasteiger partial charge in [0, 0.05) is 16.6 Å². The van der Waals surface area contributed by atoms with E-state index in [0.717, 1.165) is 6.07 Å². The minimum atomic E-state index is -4.04. The molecule has 2 rings (SSSR count). The third-order valence-corrected chi connectivity index (χ3v) is 4.72. The number of hydrogen-bond donors (Lipinski definition) is 2. The van der Waals surface area contributed by atoms with Crippen molar-refractivity contribution in [3.63, 3.8) is 0 Å². The molecular weight excluding hydrogens is 366 g/mol. The van der Waals surface area contributed by atoms with Crippen LogP contribution in [0.3, 0.4) is 0 Å². The monoisotopic (exact) mass is 376 g/mol. The third kappa shape index (κ3) is 3.58. The van der Waals surface area contributed by atoms with Crippen molar-refractivity contribution in [3.8, 4) is 0 Å². The first kappa shape index (κ1) is 15.9. The summed E-state index contributed by atoms with van der Waals surface area (Å²) in [4.78, 5) is -0.377. The van der Waals surface area contributed by atoms with Gasteiger partial charge in [0.2, 0.25) is 10.0 Å². The van der Waals surface area contributed by atoms with Crippen LogP contribution >= 0.6 is 15.9 Å². The van der Waals surface area contributed by atoms with Gasteiger partial charge in [0.1, 0.15) is 16.5 Å². The Morgan fingerprint density at radius 1 is 1.14 bits per heavy atom. The SMILES string of the molecule is Nc1c(F)cccc1S(=O)(=O)NCc1cc(Br)ccc1F. The van der Waals surface area contributed by atoms with Crippen molar-refractivity contribution in [2.75, 3.05) is 5.73 Å². The maximum Gasteiger partial charge on any atom is 0.243 e. The van der Waals surface area contributed by atoms with E-state index in [9.17, 15) is 17.2 Å². The number of para-hydroxylation sites is 1. The van der Waals surface area contributed by atoms with Crippen molar-refractivity contribution in [2.24, 2.45) is 0 Å². The maximum absolute atomic E-state index is 13.6. The fourth-order valence-electron chi connectivity index (χ4n) is 1.68. The number of hydrogen-bond acceptors (Lipinski definition) is 3. The predicted molar refractivity (Wildman–Crippen MR) is 78.9 cm³/mol. The molecule has 112 valence electrons. The Morgan fingerprint density at radius 2 is 1.86 bits per heavy atom. The molecule has 0 atom stereocenters. The van der Waals surface area contributed by atoms with Crippen LogP contribution in [0.1, 0.15) is 5.56 Å². The van der Waals surface area contributed by atoms with Gasteiger partial charge in [0.25, 0.3) is 0 Å². The van der Waals surface area contributed by atoms with Gasteiger partial charge in [0.05, 0.1) is 5.69 Å². The van der Waals surface area contributed by atoms with Crippen molar-refractivity contribution in [3.05, 3.63) is 58.1 Å². The molecule has 0 heterocycles. The minimum absolute atomic E-state index is 0.155. The predicted octanol–water partition coefficient (Wildman–Crippen LogP) is 2.79. The van der Waals surface area contributed by atoms with Gasteiger partial charge >= 0.3 is 0 Å². The topological polar surface area (TPSA) is 72.2 Å². The molecule has 0 aliphatic heterocycles. The summed E-state index contributed by atoms with van der Waals surface area (Å²) in [6.45, 7) is -0.274. The fraction of sp³-hybridized carbons (Fsp3) is 0.0769. The Kier molecular flexibility index (Phi) is 4.60. The van der Waals surface area contributed by atoms with Crippen LogP contribution in [0.2, 0.25) is 0 Å². The molecule has 0 radical (unpaired) electrons. The van der Waals surface area contributed by atoms with Gasteiger partial charge in [-0.05, 0) is 30.3 Å². The van der Waals surface area contributed by atoms with Crippen molar-refractivity contribution in [1.82, 2.24) is 4.72 Å². The lowest BCUT2D eigenvalue weighted by Crippen LogP contribution is -2.25. The molecule has 3 N–H and O–H groups in total. The van der Waals surface area contributed by atoms with Gasteiger partial charge in [-0.2, -0.15) is 0 Å². The lowest BCUT2D eigenvalue weighted by Gasteiger charge is -2.10. The lowest BCUT2D eigenvalue weighted by molar-refractivity contribution is 0.572. The average Bonchev–Trinajstić information content (AvgIpc) is 2.43. The van der Waals surface area contributed by atoms with Crippen LogP contribution in [-0.2, 0) is 16.6 Å². The van der Waals surface area contributed by atoms with Gasteiger partial charge in [0.15, 0.2) is 0 Å². The Hall–Kier alpha value is -1.51. The van der Waals surface area contributed by atoms with Crippen molar-refractivity contribution >= 4 is 31.6 Å². The molecule has 0 fully saturated rings. The highest BCUT2D eigenvalue weighted by atomic mass is 79.9. The van der Waals surface area contributed by atoms with E-state index in [-0.39, 0.29) is 17.0 Å². The highest BCUT2D eigenvalue weighted by Gasteiger charge is 2.19. The zero-order valence-corrected chi connectivity index (χ0v) is 13.0. The van der Waals surface area contributed by atoms with Crippen molar-refractivity contribution < 1.29 is 17.2 Å². The van der Waals surface area contributed by atoms with Gasteiger partial charge in [-0.3, -0.25) is 0 Å². The second-order valence-corrected chi connectivity index (χ2v) is 6.86.